The molecule has 20 heavy (non-hydrogen) atoms. The molecule has 0 aliphatic heterocycles. The van der Waals surface area contributed by atoms with E-state index in [0.717, 1.165) is 15.6 Å². The van der Waals surface area contributed by atoms with Crippen LogP contribution < -0.4 is 15.2 Å². The Morgan fingerprint density at radius 1 is 1.05 bits per heavy atom. The fraction of sp³-hybridized carbons (Fsp3) is 0.200. The van der Waals surface area contributed by atoms with Crippen molar-refractivity contribution in [1.82, 2.24) is 0 Å². The highest BCUT2D eigenvalue weighted by Crippen LogP contribution is 2.33. The van der Waals surface area contributed by atoms with Crippen LogP contribution in [0.15, 0.2) is 40.9 Å². The molecule has 5 heteroatoms. The molecular formula is C15H15BrClNO2. The maximum absolute atomic E-state index is 6.33. The fourth-order valence-corrected chi connectivity index (χ4v) is 2.62. The van der Waals surface area contributed by atoms with Crippen molar-refractivity contribution < 1.29 is 9.47 Å². The van der Waals surface area contributed by atoms with E-state index >= 15 is 0 Å². The molecule has 0 heterocycles. The normalized spacial score (nSPS) is 12.1. The van der Waals surface area contributed by atoms with Crippen LogP contribution in [-0.2, 0) is 0 Å². The van der Waals surface area contributed by atoms with Crippen LogP contribution in [0.3, 0.4) is 0 Å². The van der Waals surface area contributed by atoms with Gasteiger partial charge < -0.3 is 15.2 Å². The number of ether oxygens (including phenoxy) is 2. The summed E-state index contributed by atoms with van der Waals surface area (Å²) < 4.78 is 11.4. The molecule has 0 fully saturated rings. The van der Waals surface area contributed by atoms with Crippen molar-refractivity contribution in [3.8, 4) is 11.5 Å². The average Bonchev–Trinajstić information content (AvgIpc) is 2.48. The highest BCUT2D eigenvalue weighted by atomic mass is 79.9. The topological polar surface area (TPSA) is 44.5 Å². The van der Waals surface area contributed by atoms with E-state index in [-0.39, 0.29) is 6.04 Å². The Kier molecular flexibility index (Phi) is 4.91. The summed E-state index contributed by atoms with van der Waals surface area (Å²) in [6.07, 6.45) is 0. The number of methoxy groups -OCH3 is 2. The highest BCUT2D eigenvalue weighted by molar-refractivity contribution is 9.10. The summed E-state index contributed by atoms with van der Waals surface area (Å²) in [5.41, 5.74) is 8.14. The van der Waals surface area contributed by atoms with Crippen molar-refractivity contribution >= 4 is 27.5 Å². The van der Waals surface area contributed by atoms with Crippen molar-refractivity contribution in [2.45, 2.75) is 6.04 Å². The van der Waals surface area contributed by atoms with E-state index < -0.39 is 0 Å². The van der Waals surface area contributed by atoms with Gasteiger partial charge in [-0.1, -0.05) is 27.5 Å². The van der Waals surface area contributed by atoms with Crippen LogP contribution in [0.25, 0.3) is 0 Å². The van der Waals surface area contributed by atoms with Crippen LogP contribution in [0.2, 0.25) is 5.02 Å². The first kappa shape index (κ1) is 15.2. The summed E-state index contributed by atoms with van der Waals surface area (Å²) >= 11 is 9.54. The Bertz CT molecular complexity index is 597. The monoisotopic (exact) mass is 355 g/mol. The second-order valence-electron chi connectivity index (χ2n) is 4.29. The maximum atomic E-state index is 6.33. The molecule has 2 aromatic carbocycles. The first-order chi connectivity index (χ1) is 9.55. The van der Waals surface area contributed by atoms with Crippen LogP contribution >= 0.6 is 27.5 Å². The van der Waals surface area contributed by atoms with Crippen molar-refractivity contribution in [3.05, 3.63) is 57.0 Å². The van der Waals surface area contributed by atoms with Gasteiger partial charge in [0.1, 0.15) is 11.5 Å². The van der Waals surface area contributed by atoms with E-state index in [1.54, 1.807) is 14.2 Å². The summed E-state index contributed by atoms with van der Waals surface area (Å²) in [5, 5.41) is 0.647. The smallest absolute Gasteiger partial charge is 0.122 e. The number of benzene rings is 2. The molecule has 1 atom stereocenters. The average molecular weight is 357 g/mol. The second-order valence-corrected chi connectivity index (χ2v) is 5.58. The van der Waals surface area contributed by atoms with Gasteiger partial charge in [0, 0.05) is 15.6 Å². The number of nitrogens with two attached hydrogens (primary N) is 1. The zero-order valence-corrected chi connectivity index (χ0v) is 13.5. The standard InChI is InChI=1S/C15H15BrClNO2/c1-19-11-5-9(6-12(8-11)20-2)15(18)13-7-10(17)3-4-14(13)16/h3-8,15H,18H2,1-2H3. The lowest BCUT2D eigenvalue weighted by molar-refractivity contribution is 0.393. The SMILES string of the molecule is COc1cc(OC)cc(C(N)c2cc(Cl)ccc2Br)c1. The van der Waals surface area contributed by atoms with Gasteiger partial charge in [-0.2, -0.15) is 0 Å². The third-order valence-electron chi connectivity index (χ3n) is 3.03. The first-order valence-corrected chi connectivity index (χ1v) is 7.15. The quantitative estimate of drug-likeness (QED) is 0.894. The molecule has 3 nitrogen and oxygen atoms in total. The minimum atomic E-state index is -0.327. The Labute approximate surface area is 131 Å². The molecule has 106 valence electrons. The lowest BCUT2D eigenvalue weighted by Gasteiger charge is -2.17. The predicted molar refractivity (Wildman–Crippen MR) is 84.7 cm³/mol. The Morgan fingerprint density at radius 2 is 1.65 bits per heavy atom. The molecule has 0 aromatic heterocycles. The Morgan fingerprint density at radius 3 is 2.20 bits per heavy atom. The zero-order valence-electron chi connectivity index (χ0n) is 11.2. The van der Waals surface area contributed by atoms with Gasteiger partial charge in [0.2, 0.25) is 0 Å². The van der Waals surface area contributed by atoms with Crippen LogP contribution in [0.5, 0.6) is 11.5 Å². The van der Waals surface area contributed by atoms with E-state index in [1.165, 1.54) is 0 Å². The molecule has 2 N–H and O–H groups in total. The molecule has 0 aliphatic rings. The molecular weight excluding hydrogens is 342 g/mol. The van der Waals surface area contributed by atoms with Gasteiger partial charge in [-0.05, 0) is 41.5 Å². The van der Waals surface area contributed by atoms with Crippen LogP contribution in [0, 0.1) is 0 Å². The van der Waals surface area contributed by atoms with Crippen LogP contribution in [0.4, 0.5) is 0 Å². The molecule has 0 bridgehead atoms. The number of hydrogen-bond donors (Lipinski definition) is 1. The Balaban J connectivity index is 2.46. The van der Waals surface area contributed by atoms with Gasteiger partial charge in [-0.3, -0.25) is 0 Å². The van der Waals surface area contributed by atoms with Gasteiger partial charge >= 0.3 is 0 Å². The van der Waals surface area contributed by atoms with E-state index in [4.69, 9.17) is 26.8 Å². The molecule has 0 saturated carbocycles. The van der Waals surface area contributed by atoms with Crippen LogP contribution in [-0.4, -0.2) is 14.2 Å². The third kappa shape index (κ3) is 3.26. The second kappa shape index (κ2) is 6.48. The summed E-state index contributed by atoms with van der Waals surface area (Å²) in [7, 11) is 3.22. The molecule has 1 unspecified atom stereocenters. The summed E-state index contributed by atoms with van der Waals surface area (Å²) in [6, 6.07) is 10.8. The minimum absolute atomic E-state index is 0.327. The van der Waals surface area contributed by atoms with E-state index in [1.807, 2.05) is 36.4 Å². The number of rotatable bonds is 4. The van der Waals surface area contributed by atoms with Crippen LogP contribution in [0.1, 0.15) is 17.2 Å². The fourth-order valence-electron chi connectivity index (χ4n) is 1.94. The number of hydrogen-bond acceptors (Lipinski definition) is 3. The molecule has 0 spiro atoms. The summed E-state index contributed by atoms with van der Waals surface area (Å²) in [6.45, 7) is 0. The van der Waals surface area contributed by atoms with E-state index in [0.29, 0.717) is 16.5 Å². The van der Waals surface area contributed by atoms with Gasteiger partial charge in [0.05, 0.1) is 20.3 Å². The van der Waals surface area contributed by atoms with Gasteiger partial charge in [0.15, 0.2) is 0 Å². The van der Waals surface area contributed by atoms with Gasteiger partial charge in [-0.25, -0.2) is 0 Å². The lowest BCUT2D eigenvalue weighted by Crippen LogP contribution is -2.13. The van der Waals surface area contributed by atoms with E-state index in [9.17, 15) is 0 Å². The molecule has 2 rings (SSSR count). The largest absolute Gasteiger partial charge is 0.497 e. The predicted octanol–water partition coefficient (Wildman–Crippen LogP) is 4.17. The molecule has 0 amide bonds. The molecule has 0 radical (unpaired) electrons. The molecule has 0 aliphatic carbocycles. The summed E-state index contributed by atoms with van der Waals surface area (Å²) in [4.78, 5) is 0. The maximum Gasteiger partial charge on any atom is 0.122 e. The summed E-state index contributed by atoms with van der Waals surface area (Å²) in [5.74, 6) is 1.40. The lowest BCUT2D eigenvalue weighted by atomic mass is 9.99. The highest BCUT2D eigenvalue weighted by Gasteiger charge is 2.15. The first-order valence-electron chi connectivity index (χ1n) is 5.98. The van der Waals surface area contributed by atoms with Crippen molar-refractivity contribution in [3.63, 3.8) is 0 Å². The molecule has 2 aromatic rings. The minimum Gasteiger partial charge on any atom is -0.497 e. The van der Waals surface area contributed by atoms with E-state index in [2.05, 4.69) is 15.9 Å². The Hall–Kier alpha value is -1.23. The number of halogens is 2. The van der Waals surface area contributed by atoms with Crippen molar-refractivity contribution in [2.24, 2.45) is 5.73 Å². The van der Waals surface area contributed by atoms with Crippen molar-refractivity contribution in [1.29, 1.82) is 0 Å². The molecule has 0 saturated heterocycles. The van der Waals surface area contributed by atoms with Gasteiger partial charge in [-0.15, -0.1) is 0 Å². The zero-order chi connectivity index (χ0) is 14.7. The van der Waals surface area contributed by atoms with Gasteiger partial charge in [0.25, 0.3) is 0 Å². The van der Waals surface area contributed by atoms with Crippen molar-refractivity contribution in [2.75, 3.05) is 14.2 Å². The third-order valence-corrected chi connectivity index (χ3v) is 3.98.